The number of nitrogens with one attached hydrogen (secondary N) is 2. The summed E-state index contributed by atoms with van der Waals surface area (Å²) in [5.41, 5.74) is 7.89. The fourth-order valence-electron chi connectivity index (χ4n) is 2.47. The Balaban J connectivity index is 2.01. The molecule has 0 atom stereocenters. The van der Waals surface area contributed by atoms with Gasteiger partial charge in [0.05, 0.1) is 5.69 Å². The molecule has 0 spiro atoms. The summed E-state index contributed by atoms with van der Waals surface area (Å²) in [5, 5.41) is 17.6. The third-order valence-electron chi connectivity index (χ3n) is 3.36. The van der Waals surface area contributed by atoms with E-state index in [0.717, 1.165) is 43.7 Å². The van der Waals surface area contributed by atoms with Gasteiger partial charge in [-0.15, -0.1) is 11.3 Å². The van der Waals surface area contributed by atoms with Gasteiger partial charge in [0.25, 0.3) is 0 Å². The molecule has 0 unspecified atom stereocenters. The Kier molecular flexibility index (Phi) is 3.25. The van der Waals surface area contributed by atoms with Crippen LogP contribution >= 0.6 is 11.3 Å². The molecule has 0 saturated heterocycles. The van der Waals surface area contributed by atoms with Gasteiger partial charge in [-0.25, -0.2) is 0 Å². The summed E-state index contributed by atoms with van der Waals surface area (Å²) in [7, 11) is 0. The van der Waals surface area contributed by atoms with E-state index in [9.17, 15) is 0 Å². The molecule has 100 valence electrons. The normalized spacial score (nSPS) is 14.5. The van der Waals surface area contributed by atoms with E-state index in [2.05, 4.69) is 27.9 Å². The summed E-state index contributed by atoms with van der Waals surface area (Å²) in [6.07, 6.45) is 4.13. The predicted octanol–water partition coefficient (Wildman–Crippen LogP) is 2.03. The molecule has 5 nitrogen and oxygen atoms in total. The first-order valence-corrected chi connectivity index (χ1v) is 7.35. The monoisotopic (exact) mass is 275 g/mol. The fraction of sp³-hybridized carbons (Fsp3) is 0.385. The van der Waals surface area contributed by atoms with Crippen LogP contribution in [-0.4, -0.2) is 22.3 Å². The van der Waals surface area contributed by atoms with Gasteiger partial charge >= 0.3 is 0 Å². The number of anilines is 1. The van der Waals surface area contributed by atoms with Gasteiger partial charge in [0.15, 0.2) is 0 Å². The van der Waals surface area contributed by atoms with Crippen LogP contribution in [0.2, 0.25) is 0 Å². The largest absolute Gasteiger partial charge is 0.370 e. The number of nitrogens with zero attached hydrogens (tertiary/aromatic N) is 2. The molecule has 0 aromatic carbocycles. The SMILES string of the molecule is N=C(N)n1nc(Cc2cccs2)c2c1NCCCC2. The topological polar surface area (TPSA) is 79.7 Å². The van der Waals surface area contributed by atoms with Crippen LogP contribution in [-0.2, 0) is 12.8 Å². The molecule has 0 aliphatic carbocycles. The van der Waals surface area contributed by atoms with Gasteiger partial charge in [-0.3, -0.25) is 5.41 Å². The van der Waals surface area contributed by atoms with Crippen molar-refractivity contribution in [3.63, 3.8) is 0 Å². The lowest BCUT2D eigenvalue weighted by Gasteiger charge is -2.06. The summed E-state index contributed by atoms with van der Waals surface area (Å²) in [6, 6.07) is 4.17. The highest BCUT2D eigenvalue weighted by molar-refractivity contribution is 7.09. The van der Waals surface area contributed by atoms with Gasteiger partial charge < -0.3 is 11.1 Å². The van der Waals surface area contributed by atoms with Crippen LogP contribution in [0.15, 0.2) is 17.5 Å². The number of thiophene rings is 1. The van der Waals surface area contributed by atoms with E-state index < -0.39 is 0 Å². The second-order valence-electron chi connectivity index (χ2n) is 4.71. The van der Waals surface area contributed by atoms with Crippen molar-refractivity contribution in [2.45, 2.75) is 25.7 Å². The third kappa shape index (κ3) is 2.35. The molecule has 2 aromatic heterocycles. The lowest BCUT2D eigenvalue weighted by Crippen LogP contribution is -2.24. The lowest BCUT2D eigenvalue weighted by molar-refractivity contribution is 0.771. The summed E-state index contributed by atoms with van der Waals surface area (Å²) >= 11 is 1.74. The molecular formula is C13H17N5S. The van der Waals surface area contributed by atoms with Crippen LogP contribution < -0.4 is 11.1 Å². The predicted molar refractivity (Wildman–Crippen MR) is 78.1 cm³/mol. The van der Waals surface area contributed by atoms with Gasteiger partial charge in [0.2, 0.25) is 5.96 Å². The Morgan fingerprint density at radius 3 is 3.16 bits per heavy atom. The minimum Gasteiger partial charge on any atom is -0.370 e. The van der Waals surface area contributed by atoms with Crippen molar-refractivity contribution in [2.24, 2.45) is 5.73 Å². The standard InChI is InChI=1S/C13H17N5S/c14-13(15)18-12-10(5-1-2-6-16-12)11(17-18)8-9-4-3-7-19-9/h3-4,7,16H,1-2,5-6,8H2,(H3,14,15). The van der Waals surface area contributed by atoms with Crippen LogP contribution in [0.5, 0.6) is 0 Å². The van der Waals surface area contributed by atoms with Crippen molar-refractivity contribution in [3.05, 3.63) is 33.6 Å². The molecule has 0 saturated carbocycles. The van der Waals surface area contributed by atoms with E-state index in [0.29, 0.717) is 0 Å². The van der Waals surface area contributed by atoms with Crippen LogP contribution in [0, 0.1) is 5.41 Å². The van der Waals surface area contributed by atoms with E-state index in [1.807, 2.05) is 0 Å². The first kappa shape index (κ1) is 12.2. The number of nitrogen functional groups attached to an aromatic ring is 1. The Labute approximate surface area is 115 Å². The summed E-state index contributed by atoms with van der Waals surface area (Å²) in [6.45, 7) is 0.921. The molecule has 0 fully saturated rings. The van der Waals surface area contributed by atoms with Crippen LogP contribution in [0.4, 0.5) is 5.82 Å². The summed E-state index contributed by atoms with van der Waals surface area (Å²) in [4.78, 5) is 1.29. The zero-order valence-electron chi connectivity index (χ0n) is 10.6. The van der Waals surface area contributed by atoms with E-state index in [4.69, 9.17) is 11.1 Å². The van der Waals surface area contributed by atoms with Crippen molar-refractivity contribution in [1.82, 2.24) is 9.78 Å². The Morgan fingerprint density at radius 2 is 2.42 bits per heavy atom. The maximum Gasteiger partial charge on any atom is 0.215 e. The smallest absolute Gasteiger partial charge is 0.215 e. The first-order valence-electron chi connectivity index (χ1n) is 6.47. The van der Waals surface area contributed by atoms with Gasteiger partial charge in [-0.05, 0) is 30.7 Å². The second-order valence-corrected chi connectivity index (χ2v) is 5.74. The number of hydrogen-bond acceptors (Lipinski definition) is 4. The van der Waals surface area contributed by atoms with Crippen molar-refractivity contribution >= 4 is 23.1 Å². The quantitative estimate of drug-likeness (QED) is 0.579. The Morgan fingerprint density at radius 1 is 1.53 bits per heavy atom. The Bertz CT molecular complexity index is 584. The molecule has 1 aliphatic heterocycles. The summed E-state index contributed by atoms with van der Waals surface area (Å²) < 4.78 is 1.53. The van der Waals surface area contributed by atoms with Gasteiger partial charge in [-0.1, -0.05) is 6.07 Å². The molecule has 3 rings (SSSR count). The maximum atomic E-state index is 7.65. The zero-order valence-corrected chi connectivity index (χ0v) is 11.5. The molecule has 0 bridgehead atoms. The molecule has 0 radical (unpaired) electrons. The van der Waals surface area contributed by atoms with Crippen molar-refractivity contribution < 1.29 is 0 Å². The highest BCUT2D eigenvalue weighted by Crippen LogP contribution is 2.27. The minimum atomic E-state index is -0.0249. The number of rotatable bonds is 2. The van der Waals surface area contributed by atoms with Crippen LogP contribution in [0.1, 0.15) is 29.0 Å². The highest BCUT2D eigenvalue weighted by Gasteiger charge is 2.21. The average Bonchev–Trinajstić information content (AvgIpc) is 2.93. The van der Waals surface area contributed by atoms with Crippen LogP contribution in [0.25, 0.3) is 0 Å². The van der Waals surface area contributed by atoms with E-state index >= 15 is 0 Å². The fourth-order valence-corrected chi connectivity index (χ4v) is 3.18. The number of hydrogen-bond donors (Lipinski definition) is 3. The van der Waals surface area contributed by atoms with E-state index in [-0.39, 0.29) is 5.96 Å². The molecule has 19 heavy (non-hydrogen) atoms. The third-order valence-corrected chi connectivity index (χ3v) is 4.24. The molecule has 3 heterocycles. The van der Waals surface area contributed by atoms with E-state index in [1.54, 1.807) is 11.3 Å². The molecule has 4 N–H and O–H groups in total. The van der Waals surface area contributed by atoms with Crippen molar-refractivity contribution in [1.29, 1.82) is 5.41 Å². The minimum absolute atomic E-state index is 0.0249. The molecular weight excluding hydrogens is 258 g/mol. The van der Waals surface area contributed by atoms with Gasteiger partial charge in [-0.2, -0.15) is 9.78 Å². The Hall–Kier alpha value is -1.82. The molecule has 1 aliphatic rings. The van der Waals surface area contributed by atoms with Gasteiger partial charge in [0.1, 0.15) is 5.82 Å². The molecule has 0 amide bonds. The lowest BCUT2D eigenvalue weighted by atomic mass is 10.1. The van der Waals surface area contributed by atoms with Crippen molar-refractivity contribution in [3.8, 4) is 0 Å². The van der Waals surface area contributed by atoms with Crippen LogP contribution in [0.3, 0.4) is 0 Å². The van der Waals surface area contributed by atoms with Crippen molar-refractivity contribution in [2.75, 3.05) is 11.9 Å². The zero-order chi connectivity index (χ0) is 13.2. The molecule has 6 heteroatoms. The first-order chi connectivity index (χ1) is 9.25. The summed E-state index contributed by atoms with van der Waals surface area (Å²) in [5.74, 6) is 0.889. The number of aromatic nitrogens is 2. The number of fused-ring (bicyclic) bond motifs is 1. The average molecular weight is 275 g/mol. The second kappa shape index (κ2) is 5.05. The number of nitrogens with two attached hydrogens (primary N) is 1. The molecule has 2 aromatic rings. The van der Waals surface area contributed by atoms with Gasteiger partial charge in [0, 0.05) is 23.4 Å². The maximum absolute atomic E-state index is 7.65. The van der Waals surface area contributed by atoms with E-state index in [1.165, 1.54) is 15.1 Å². The highest BCUT2D eigenvalue weighted by atomic mass is 32.1.